The summed E-state index contributed by atoms with van der Waals surface area (Å²) in [6, 6.07) is 6.09. The molecule has 2 rings (SSSR count). The standard InChI is InChI=1S/C18H26N2O6S/c1-13(2)20-12-14(11-17(20)21)18(22)26-10-9-25-15-5-7-16(8-6-15)27(23,24)19(3)4/h5-8,13-14H,9-12H2,1-4H3. The van der Waals surface area contributed by atoms with Crippen molar-refractivity contribution in [3.8, 4) is 5.75 Å². The van der Waals surface area contributed by atoms with E-state index in [1.54, 1.807) is 17.0 Å². The second-order valence-corrected chi connectivity index (χ2v) is 8.97. The second kappa shape index (κ2) is 8.71. The number of ether oxygens (including phenoxy) is 2. The van der Waals surface area contributed by atoms with Gasteiger partial charge in [-0.1, -0.05) is 0 Å². The third-order valence-corrected chi connectivity index (χ3v) is 6.14. The van der Waals surface area contributed by atoms with Crippen molar-refractivity contribution >= 4 is 21.9 Å². The van der Waals surface area contributed by atoms with Crippen LogP contribution in [0.1, 0.15) is 20.3 Å². The lowest BCUT2D eigenvalue weighted by atomic mass is 10.1. The van der Waals surface area contributed by atoms with E-state index in [9.17, 15) is 18.0 Å². The van der Waals surface area contributed by atoms with Crippen molar-refractivity contribution in [1.82, 2.24) is 9.21 Å². The number of likely N-dealkylation sites (tertiary alicyclic amines) is 1. The second-order valence-electron chi connectivity index (χ2n) is 6.82. The quantitative estimate of drug-likeness (QED) is 0.481. The van der Waals surface area contributed by atoms with Gasteiger partial charge in [-0.15, -0.1) is 0 Å². The molecule has 1 aromatic carbocycles. The Labute approximate surface area is 160 Å². The molecule has 1 saturated heterocycles. The molecule has 1 unspecified atom stereocenters. The van der Waals surface area contributed by atoms with Crippen LogP contribution in [0.2, 0.25) is 0 Å². The van der Waals surface area contributed by atoms with Crippen molar-refractivity contribution < 1.29 is 27.5 Å². The van der Waals surface area contributed by atoms with Crippen molar-refractivity contribution in [3.63, 3.8) is 0 Å². The maximum absolute atomic E-state index is 12.1. The zero-order valence-corrected chi connectivity index (χ0v) is 16.9. The molecule has 1 aliphatic heterocycles. The van der Waals surface area contributed by atoms with Crippen LogP contribution in [0.4, 0.5) is 0 Å². The molecule has 0 aliphatic carbocycles. The first-order valence-electron chi connectivity index (χ1n) is 8.74. The fraction of sp³-hybridized carbons (Fsp3) is 0.556. The van der Waals surface area contributed by atoms with E-state index in [4.69, 9.17) is 9.47 Å². The highest BCUT2D eigenvalue weighted by atomic mass is 32.2. The van der Waals surface area contributed by atoms with Gasteiger partial charge in [0.1, 0.15) is 19.0 Å². The van der Waals surface area contributed by atoms with Crippen LogP contribution in [0.15, 0.2) is 29.2 Å². The minimum Gasteiger partial charge on any atom is -0.490 e. The van der Waals surface area contributed by atoms with Crippen molar-refractivity contribution in [2.24, 2.45) is 5.92 Å². The van der Waals surface area contributed by atoms with E-state index in [2.05, 4.69) is 0 Å². The predicted octanol–water partition coefficient (Wildman–Crippen LogP) is 1.12. The fourth-order valence-corrected chi connectivity index (χ4v) is 3.63. The molecule has 150 valence electrons. The summed E-state index contributed by atoms with van der Waals surface area (Å²) >= 11 is 0. The van der Waals surface area contributed by atoms with E-state index in [-0.39, 0.29) is 36.5 Å². The normalized spacial score (nSPS) is 17.6. The fourth-order valence-electron chi connectivity index (χ4n) is 2.73. The maximum atomic E-state index is 12.1. The molecule has 1 fully saturated rings. The van der Waals surface area contributed by atoms with Gasteiger partial charge in [0, 0.05) is 33.1 Å². The van der Waals surface area contributed by atoms with Crippen molar-refractivity contribution in [2.75, 3.05) is 33.9 Å². The molecular formula is C18H26N2O6S. The molecule has 8 nitrogen and oxygen atoms in total. The molecule has 1 aromatic rings. The summed E-state index contributed by atoms with van der Waals surface area (Å²) in [6.45, 7) is 4.41. The summed E-state index contributed by atoms with van der Waals surface area (Å²) in [5, 5.41) is 0. The number of amides is 1. The van der Waals surface area contributed by atoms with Gasteiger partial charge in [0.15, 0.2) is 0 Å². The minimum atomic E-state index is -3.48. The molecular weight excluding hydrogens is 372 g/mol. The Morgan fingerprint density at radius 2 is 1.85 bits per heavy atom. The lowest BCUT2D eigenvalue weighted by Gasteiger charge is -2.20. The summed E-state index contributed by atoms with van der Waals surface area (Å²) < 4.78 is 35.8. The van der Waals surface area contributed by atoms with Gasteiger partial charge in [-0.05, 0) is 38.1 Å². The van der Waals surface area contributed by atoms with Gasteiger partial charge in [0.05, 0.1) is 10.8 Å². The van der Waals surface area contributed by atoms with E-state index < -0.39 is 21.9 Å². The molecule has 0 saturated carbocycles. The lowest BCUT2D eigenvalue weighted by molar-refractivity contribution is -0.149. The molecule has 0 spiro atoms. The summed E-state index contributed by atoms with van der Waals surface area (Å²) in [4.78, 5) is 25.7. The van der Waals surface area contributed by atoms with Crippen molar-refractivity contribution in [1.29, 1.82) is 0 Å². The highest BCUT2D eigenvalue weighted by molar-refractivity contribution is 7.89. The Morgan fingerprint density at radius 1 is 1.22 bits per heavy atom. The van der Waals surface area contributed by atoms with Crippen LogP contribution in [0.5, 0.6) is 5.75 Å². The van der Waals surface area contributed by atoms with Crippen LogP contribution in [0, 0.1) is 5.92 Å². The van der Waals surface area contributed by atoms with Crippen LogP contribution >= 0.6 is 0 Å². The number of hydrogen-bond acceptors (Lipinski definition) is 6. The third kappa shape index (κ3) is 5.20. The van der Waals surface area contributed by atoms with Gasteiger partial charge >= 0.3 is 5.97 Å². The number of carbonyl (C=O) groups is 2. The van der Waals surface area contributed by atoms with E-state index in [1.165, 1.54) is 26.2 Å². The largest absolute Gasteiger partial charge is 0.490 e. The molecule has 27 heavy (non-hydrogen) atoms. The van der Waals surface area contributed by atoms with E-state index in [0.717, 1.165) is 4.31 Å². The highest BCUT2D eigenvalue weighted by Crippen LogP contribution is 2.21. The number of hydrogen-bond donors (Lipinski definition) is 0. The molecule has 1 aliphatic rings. The molecule has 0 N–H and O–H groups in total. The predicted molar refractivity (Wildman–Crippen MR) is 98.7 cm³/mol. The topological polar surface area (TPSA) is 93.2 Å². The summed E-state index contributed by atoms with van der Waals surface area (Å²) in [6.07, 6.45) is 0.180. The Bertz CT molecular complexity index is 774. The van der Waals surface area contributed by atoms with Crippen LogP contribution in [-0.4, -0.2) is 69.4 Å². The van der Waals surface area contributed by atoms with Crippen LogP contribution < -0.4 is 4.74 Å². The molecule has 0 aromatic heterocycles. The summed E-state index contributed by atoms with van der Waals surface area (Å²) in [5.41, 5.74) is 0. The smallest absolute Gasteiger partial charge is 0.311 e. The number of sulfonamides is 1. The first kappa shape index (κ1) is 21.2. The van der Waals surface area contributed by atoms with Gasteiger partial charge in [0.25, 0.3) is 0 Å². The van der Waals surface area contributed by atoms with Gasteiger partial charge in [-0.2, -0.15) is 0 Å². The summed E-state index contributed by atoms with van der Waals surface area (Å²) in [7, 11) is -0.549. The Hall–Kier alpha value is -2.13. The Kier molecular flexibility index (Phi) is 6.83. The van der Waals surface area contributed by atoms with Gasteiger partial charge in [0.2, 0.25) is 15.9 Å². The Balaban J connectivity index is 1.77. The molecule has 9 heteroatoms. The summed E-state index contributed by atoms with van der Waals surface area (Å²) in [5.74, 6) is -0.389. The van der Waals surface area contributed by atoms with Crippen molar-refractivity contribution in [2.45, 2.75) is 31.2 Å². The van der Waals surface area contributed by atoms with Crippen LogP contribution in [0.25, 0.3) is 0 Å². The molecule has 1 amide bonds. The SMILES string of the molecule is CC(C)N1CC(C(=O)OCCOc2ccc(S(=O)(=O)N(C)C)cc2)CC1=O. The molecule has 0 radical (unpaired) electrons. The number of carbonyl (C=O) groups excluding carboxylic acids is 2. The van der Waals surface area contributed by atoms with Crippen LogP contribution in [-0.2, 0) is 24.3 Å². The van der Waals surface area contributed by atoms with E-state index in [1.807, 2.05) is 13.8 Å². The lowest BCUT2D eigenvalue weighted by Crippen LogP contribution is -2.33. The number of benzene rings is 1. The highest BCUT2D eigenvalue weighted by Gasteiger charge is 2.36. The van der Waals surface area contributed by atoms with E-state index in [0.29, 0.717) is 12.3 Å². The first-order chi connectivity index (χ1) is 12.6. The molecule has 1 atom stereocenters. The average Bonchev–Trinajstić information content (AvgIpc) is 3.01. The van der Waals surface area contributed by atoms with Gasteiger partial charge < -0.3 is 14.4 Å². The molecule has 0 bridgehead atoms. The minimum absolute atomic E-state index is 0.0315. The zero-order chi connectivity index (χ0) is 20.2. The maximum Gasteiger partial charge on any atom is 0.311 e. The van der Waals surface area contributed by atoms with Gasteiger partial charge in [-0.3, -0.25) is 9.59 Å². The van der Waals surface area contributed by atoms with Crippen LogP contribution in [0.3, 0.4) is 0 Å². The third-order valence-electron chi connectivity index (χ3n) is 4.31. The number of nitrogens with zero attached hydrogens (tertiary/aromatic N) is 2. The Morgan fingerprint density at radius 3 is 2.37 bits per heavy atom. The van der Waals surface area contributed by atoms with Gasteiger partial charge in [-0.25, -0.2) is 12.7 Å². The monoisotopic (exact) mass is 398 g/mol. The number of rotatable bonds is 8. The average molecular weight is 398 g/mol. The zero-order valence-electron chi connectivity index (χ0n) is 16.0. The van der Waals surface area contributed by atoms with E-state index >= 15 is 0 Å². The first-order valence-corrected chi connectivity index (χ1v) is 10.2. The molecule has 1 heterocycles. The number of esters is 1. The van der Waals surface area contributed by atoms with Crippen molar-refractivity contribution in [3.05, 3.63) is 24.3 Å².